The summed E-state index contributed by atoms with van der Waals surface area (Å²) in [4.78, 5) is 24.6. The fraction of sp³-hybridized carbons (Fsp3) is 0.0556. The summed E-state index contributed by atoms with van der Waals surface area (Å²) in [6.45, 7) is 0. The molecule has 0 atom stereocenters. The van der Waals surface area contributed by atoms with Gasteiger partial charge in [0, 0.05) is 9.86 Å². The van der Waals surface area contributed by atoms with Crippen LogP contribution in [0.3, 0.4) is 0 Å². The minimum Gasteiger partial charge on any atom is -0.421 e. The Morgan fingerprint density at radius 1 is 1.15 bits per heavy atom. The third kappa shape index (κ3) is 5.19. The number of thioether (sulfide) groups is 1. The first-order valence-electron chi connectivity index (χ1n) is 7.64. The number of hydrogen-bond donors (Lipinski definition) is 2. The number of Topliss-reactive ketones (excluding diaryl/α,β-unsaturated/α-hetero) is 1. The molecule has 0 amide bonds. The number of ketones is 1. The highest BCUT2D eigenvalue weighted by atomic mass is 79.9. The molecule has 0 aliphatic rings. The van der Waals surface area contributed by atoms with Gasteiger partial charge in [0.05, 0.1) is 15.9 Å². The summed E-state index contributed by atoms with van der Waals surface area (Å²) in [5.41, 5.74) is 6.36. The van der Waals surface area contributed by atoms with Gasteiger partial charge in [0.15, 0.2) is 15.7 Å². The standard InChI is InChI=1S/C18H12Br2N2O3S2/c19-11-6-10-7-13(17(24)25-16(10)14(20)8-11)15(23)9-27-18(26)22-21-12-4-2-1-3-5-12/h1-8,21H,9H2,(H,22,26). The van der Waals surface area contributed by atoms with Gasteiger partial charge in [-0.1, -0.05) is 58.1 Å². The highest BCUT2D eigenvalue weighted by Crippen LogP contribution is 2.28. The second-order valence-electron chi connectivity index (χ2n) is 5.37. The number of hydrogen-bond acceptors (Lipinski definition) is 6. The summed E-state index contributed by atoms with van der Waals surface area (Å²) in [6.07, 6.45) is 0. The highest BCUT2D eigenvalue weighted by Gasteiger charge is 2.16. The van der Waals surface area contributed by atoms with Crippen molar-refractivity contribution in [2.45, 2.75) is 0 Å². The number of carbonyl (C=O) groups excluding carboxylic acids is 1. The largest absolute Gasteiger partial charge is 0.421 e. The van der Waals surface area contributed by atoms with Crippen molar-refractivity contribution in [3.63, 3.8) is 0 Å². The average molecular weight is 528 g/mol. The SMILES string of the molecule is O=C(CSC(=S)NNc1ccccc1)c1cc2cc(Br)cc(Br)c2oc1=O. The molecule has 0 fully saturated rings. The van der Waals surface area contributed by atoms with Crippen LogP contribution >= 0.6 is 55.8 Å². The average Bonchev–Trinajstić information content (AvgIpc) is 2.65. The molecule has 0 saturated carbocycles. The van der Waals surface area contributed by atoms with Gasteiger partial charge in [-0.15, -0.1) is 0 Å². The molecular weight excluding hydrogens is 516 g/mol. The Hall–Kier alpha value is -1.68. The van der Waals surface area contributed by atoms with Gasteiger partial charge in [-0.2, -0.15) is 0 Å². The van der Waals surface area contributed by atoms with Crippen molar-refractivity contribution in [1.29, 1.82) is 0 Å². The number of rotatable bonds is 5. The first kappa shape index (κ1) is 20.1. The molecule has 0 spiro atoms. The zero-order valence-corrected chi connectivity index (χ0v) is 18.4. The molecule has 2 N–H and O–H groups in total. The molecule has 5 nitrogen and oxygen atoms in total. The van der Waals surface area contributed by atoms with E-state index in [9.17, 15) is 9.59 Å². The predicted molar refractivity (Wildman–Crippen MR) is 120 cm³/mol. The van der Waals surface area contributed by atoms with Gasteiger partial charge in [0.25, 0.3) is 0 Å². The minimum absolute atomic E-state index is 0.00109. The highest BCUT2D eigenvalue weighted by molar-refractivity contribution is 9.11. The van der Waals surface area contributed by atoms with Crippen molar-refractivity contribution in [3.8, 4) is 0 Å². The van der Waals surface area contributed by atoms with Crippen LogP contribution in [0.5, 0.6) is 0 Å². The van der Waals surface area contributed by atoms with Crippen molar-refractivity contribution in [2.24, 2.45) is 0 Å². The Bertz CT molecular complexity index is 1070. The topological polar surface area (TPSA) is 71.3 Å². The summed E-state index contributed by atoms with van der Waals surface area (Å²) in [7, 11) is 0. The van der Waals surface area contributed by atoms with Crippen molar-refractivity contribution >= 4 is 82.6 Å². The normalized spacial score (nSPS) is 10.6. The lowest BCUT2D eigenvalue weighted by Gasteiger charge is -2.09. The molecule has 0 bridgehead atoms. The first-order chi connectivity index (χ1) is 12.9. The fourth-order valence-electron chi connectivity index (χ4n) is 2.24. The third-order valence-electron chi connectivity index (χ3n) is 3.47. The summed E-state index contributed by atoms with van der Waals surface area (Å²) >= 11 is 13.0. The van der Waals surface area contributed by atoms with Crippen molar-refractivity contribution in [3.05, 3.63) is 73.5 Å². The van der Waals surface area contributed by atoms with E-state index in [4.69, 9.17) is 16.6 Å². The lowest BCUT2D eigenvalue weighted by atomic mass is 10.1. The first-order valence-corrected chi connectivity index (χ1v) is 10.6. The van der Waals surface area contributed by atoms with Gasteiger partial charge in [-0.3, -0.25) is 15.6 Å². The van der Waals surface area contributed by atoms with E-state index in [-0.39, 0.29) is 17.1 Å². The maximum absolute atomic E-state index is 12.4. The van der Waals surface area contributed by atoms with E-state index in [0.29, 0.717) is 19.8 Å². The Kier molecular flexibility index (Phi) is 6.69. The van der Waals surface area contributed by atoms with E-state index >= 15 is 0 Å². The zero-order chi connectivity index (χ0) is 19.4. The number of benzene rings is 2. The van der Waals surface area contributed by atoms with Crippen LogP contribution in [0.25, 0.3) is 11.0 Å². The molecule has 1 aromatic heterocycles. The second-order valence-corrected chi connectivity index (χ2v) is 8.79. The molecule has 0 aliphatic heterocycles. The van der Waals surface area contributed by atoms with Crippen molar-refractivity contribution in [1.82, 2.24) is 5.43 Å². The Morgan fingerprint density at radius 2 is 1.89 bits per heavy atom. The van der Waals surface area contributed by atoms with Crippen LogP contribution in [0.1, 0.15) is 10.4 Å². The van der Waals surface area contributed by atoms with Crippen LogP contribution in [-0.2, 0) is 0 Å². The molecule has 3 aromatic rings. The van der Waals surface area contributed by atoms with Gasteiger partial charge in [0.1, 0.15) is 5.56 Å². The van der Waals surface area contributed by atoms with Crippen molar-refractivity contribution in [2.75, 3.05) is 11.2 Å². The quantitative estimate of drug-likeness (QED) is 0.206. The molecule has 9 heteroatoms. The fourth-order valence-corrected chi connectivity index (χ4v) is 4.35. The van der Waals surface area contributed by atoms with E-state index in [2.05, 4.69) is 42.7 Å². The zero-order valence-electron chi connectivity index (χ0n) is 13.6. The molecule has 1 heterocycles. The second kappa shape index (κ2) is 9.01. The summed E-state index contributed by atoms with van der Waals surface area (Å²) in [5.74, 6) is -0.330. The number of carbonyl (C=O) groups is 1. The van der Waals surface area contributed by atoms with Crippen LogP contribution in [0.15, 0.2) is 66.7 Å². The molecular formula is C18H12Br2N2O3S2. The monoisotopic (exact) mass is 526 g/mol. The van der Waals surface area contributed by atoms with E-state index in [1.54, 1.807) is 12.1 Å². The maximum atomic E-state index is 12.4. The number of anilines is 1. The summed E-state index contributed by atoms with van der Waals surface area (Å²) in [6, 6.07) is 14.5. The van der Waals surface area contributed by atoms with Crippen LogP contribution in [0.2, 0.25) is 0 Å². The smallest absolute Gasteiger partial charge is 0.347 e. The van der Waals surface area contributed by atoms with Crippen molar-refractivity contribution < 1.29 is 9.21 Å². The molecule has 0 unspecified atom stereocenters. The Labute approximate surface area is 181 Å². The van der Waals surface area contributed by atoms with Gasteiger partial charge < -0.3 is 4.42 Å². The number of thiocarbonyl (C=S) groups is 1. The molecule has 0 radical (unpaired) electrons. The molecule has 0 saturated heterocycles. The minimum atomic E-state index is -0.669. The lowest BCUT2D eigenvalue weighted by Crippen LogP contribution is -2.26. The van der Waals surface area contributed by atoms with Gasteiger partial charge >= 0.3 is 5.63 Å². The Balaban J connectivity index is 1.66. The Morgan fingerprint density at radius 3 is 2.63 bits per heavy atom. The number of nitrogens with one attached hydrogen (secondary N) is 2. The van der Waals surface area contributed by atoms with E-state index in [1.165, 1.54) is 6.07 Å². The molecule has 2 aromatic carbocycles. The number of hydrazine groups is 1. The van der Waals surface area contributed by atoms with Crippen LogP contribution in [0, 0.1) is 0 Å². The summed E-state index contributed by atoms with van der Waals surface area (Å²) < 4.78 is 7.13. The van der Waals surface area contributed by atoms with E-state index in [0.717, 1.165) is 21.9 Å². The van der Waals surface area contributed by atoms with E-state index in [1.807, 2.05) is 30.3 Å². The number of halogens is 2. The third-order valence-corrected chi connectivity index (χ3v) is 5.74. The predicted octanol–water partition coefficient (Wildman–Crippen LogP) is 5.14. The number of fused-ring (bicyclic) bond motifs is 1. The molecule has 138 valence electrons. The molecule has 27 heavy (non-hydrogen) atoms. The lowest BCUT2D eigenvalue weighted by molar-refractivity contribution is 0.101. The summed E-state index contributed by atoms with van der Waals surface area (Å²) in [5, 5.41) is 0.649. The number of para-hydroxylation sites is 1. The van der Waals surface area contributed by atoms with Gasteiger partial charge in [-0.25, -0.2) is 4.79 Å². The van der Waals surface area contributed by atoms with Crippen LogP contribution < -0.4 is 16.5 Å². The van der Waals surface area contributed by atoms with Gasteiger partial charge in [-0.05, 0) is 46.3 Å². The molecule has 3 rings (SSSR count). The van der Waals surface area contributed by atoms with E-state index < -0.39 is 5.63 Å². The molecule has 0 aliphatic carbocycles. The maximum Gasteiger partial charge on any atom is 0.347 e. The van der Waals surface area contributed by atoms with Gasteiger partial charge in [0.2, 0.25) is 0 Å². The van der Waals surface area contributed by atoms with Crippen LogP contribution in [-0.4, -0.2) is 15.9 Å². The van der Waals surface area contributed by atoms with Crippen LogP contribution in [0.4, 0.5) is 5.69 Å².